The topological polar surface area (TPSA) is 151 Å². The van der Waals surface area contributed by atoms with Crippen molar-refractivity contribution >= 4 is 28.0 Å². The van der Waals surface area contributed by atoms with E-state index >= 15 is 0 Å². The van der Waals surface area contributed by atoms with Crippen molar-refractivity contribution in [3.63, 3.8) is 0 Å². The molecule has 0 bridgehead atoms. The molecule has 0 unspecified atom stereocenters. The number of fused-ring (bicyclic) bond motifs is 1. The van der Waals surface area contributed by atoms with Crippen molar-refractivity contribution in [2.24, 2.45) is 7.05 Å². The van der Waals surface area contributed by atoms with Gasteiger partial charge in [0.05, 0.1) is 25.7 Å². The van der Waals surface area contributed by atoms with Crippen molar-refractivity contribution < 1.29 is 14.8 Å². The number of aromatic nitrogens is 1. The summed E-state index contributed by atoms with van der Waals surface area (Å²) >= 11 is 0. The van der Waals surface area contributed by atoms with Gasteiger partial charge in [-0.05, 0) is 6.92 Å². The molecule has 1 aromatic heterocycles. The maximum Gasteiger partial charge on any atom is 0.334 e. The van der Waals surface area contributed by atoms with E-state index in [1.54, 1.807) is 0 Å². The summed E-state index contributed by atoms with van der Waals surface area (Å²) in [7, 11) is 1.15. The summed E-state index contributed by atoms with van der Waals surface area (Å²) in [5.41, 5.74) is -3.39. The van der Waals surface area contributed by atoms with Crippen LogP contribution in [0.3, 0.4) is 0 Å². The zero-order valence-corrected chi connectivity index (χ0v) is 11.3. The van der Waals surface area contributed by atoms with E-state index in [2.05, 4.69) is 0 Å². The van der Waals surface area contributed by atoms with Gasteiger partial charge in [0.2, 0.25) is 0 Å². The van der Waals surface area contributed by atoms with E-state index in [1.807, 2.05) is 0 Å². The molecule has 0 saturated carbocycles. The molecule has 0 N–H and O–H groups in total. The molecule has 0 saturated heterocycles. The fraction of sp³-hybridized carbons (Fsp3) is 0.182. The van der Waals surface area contributed by atoms with Gasteiger partial charge in [0.15, 0.2) is 0 Å². The summed E-state index contributed by atoms with van der Waals surface area (Å²) in [6.45, 7) is 1.17. The second kappa shape index (κ2) is 4.87. The van der Waals surface area contributed by atoms with Crippen LogP contribution < -0.4 is 5.56 Å². The highest BCUT2D eigenvalue weighted by Gasteiger charge is 2.29. The Morgan fingerprint density at radius 1 is 0.955 bits per heavy atom. The number of pyridine rings is 1. The zero-order chi connectivity index (χ0) is 16.8. The minimum absolute atomic E-state index is 0.125. The molecule has 0 fully saturated rings. The summed E-state index contributed by atoms with van der Waals surface area (Å²) in [6, 6.07) is 1.76. The first kappa shape index (κ1) is 15.0. The monoisotopic (exact) mass is 308 g/mol. The van der Waals surface area contributed by atoms with Gasteiger partial charge in [0.25, 0.3) is 11.4 Å². The third kappa shape index (κ3) is 2.04. The minimum Gasteiger partial charge on any atom is -0.305 e. The van der Waals surface area contributed by atoms with Crippen LogP contribution in [-0.4, -0.2) is 19.3 Å². The van der Waals surface area contributed by atoms with Crippen molar-refractivity contribution in [2.45, 2.75) is 6.92 Å². The molecule has 114 valence electrons. The summed E-state index contributed by atoms with van der Waals surface area (Å²) < 4.78 is 0.785. The molecule has 1 aromatic carbocycles. The van der Waals surface area contributed by atoms with Crippen LogP contribution in [0.4, 0.5) is 17.1 Å². The number of nitro benzene ring substituents is 2. The highest BCUT2D eigenvalue weighted by molar-refractivity contribution is 5.94. The molecule has 22 heavy (non-hydrogen) atoms. The second-order valence-corrected chi connectivity index (χ2v) is 4.47. The van der Waals surface area contributed by atoms with Gasteiger partial charge in [0, 0.05) is 19.2 Å². The minimum atomic E-state index is -1.01. The van der Waals surface area contributed by atoms with Gasteiger partial charge in [-0.25, -0.2) is 0 Å². The van der Waals surface area contributed by atoms with Crippen LogP contribution in [0.2, 0.25) is 0 Å². The molecule has 1 heterocycles. The fourth-order valence-corrected chi connectivity index (χ4v) is 2.22. The predicted octanol–water partition coefficient (Wildman–Crippen LogP) is 1.57. The Hall–Kier alpha value is -3.37. The molecule has 0 aliphatic heterocycles. The third-order valence-corrected chi connectivity index (χ3v) is 3.29. The van der Waals surface area contributed by atoms with Crippen molar-refractivity contribution in [3.05, 3.63) is 58.4 Å². The predicted molar refractivity (Wildman–Crippen MR) is 73.9 cm³/mol. The first-order chi connectivity index (χ1) is 10.2. The maximum absolute atomic E-state index is 11.9. The number of rotatable bonds is 3. The van der Waals surface area contributed by atoms with Gasteiger partial charge < -0.3 is 4.57 Å². The van der Waals surface area contributed by atoms with E-state index < -0.39 is 37.4 Å². The summed E-state index contributed by atoms with van der Waals surface area (Å²) in [5, 5.41) is 32.9. The van der Waals surface area contributed by atoms with Crippen molar-refractivity contribution in [1.82, 2.24) is 4.57 Å². The van der Waals surface area contributed by atoms with E-state index in [-0.39, 0.29) is 16.5 Å². The Kier molecular flexibility index (Phi) is 3.33. The first-order valence-electron chi connectivity index (χ1n) is 5.77. The molecule has 0 aliphatic rings. The fourth-order valence-electron chi connectivity index (χ4n) is 2.22. The number of hydrogen-bond acceptors (Lipinski definition) is 7. The lowest BCUT2D eigenvalue weighted by Crippen LogP contribution is -2.20. The molecule has 2 aromatic rings. The third-order valence-electron chi connectivity index (χ3n) is 3.29. The smallest absolute Gasteiger partial charge is 0.305 e. The normalized spacial score (nSPS) is 10.6. The molecule has 0 spiro atoms. The van der Waals surface area contributed by atoms with Gasteiger partial charge in [-0.3, -0.25) is 35.1 Å². The Morgan fingerprint density at radius 2 is 1.50 bits per heavy atom. The van der Waals surface area contributed by atoms with Crippen LogP contribution in [-0.2, 0) is 7.05 Å². The molecule has 11 heteroatoms. The lowest BCUT2D eigenvalue weighted by atomic mass is 10.1. The lowest BCUT2D eigenvalue weighted by molar-refractivity contribution is -0.394. The average molecular weight is 308 g/mol. The summed E-state index contributed by atoms with van der Waals surface area (Å²) in [4.78, 5) is 42.3. The number of hydrogen-bond donors (Lipinski definition) is 0. The molecule has 0 atom stereocenters. The SMILES string of the molecule is Cc1c([N+](=O)[O-])cc2c(cc([N+](=O)[O-])c(=O)n2C)c1[N+](=O)[O-]. The molecular weight excluding hydrogens is 300 g/mol. The Morgan fingerprint density at radius 3 is 1.95 bits per heavy atom. The van der Waals surface area contributed by atoms with Crippen LogP contribution in [0.25, 0.3) is 10.9 Å². The van der Waals surface area contributed by atoms with E-state index in [4.69, 9.17) is 0 Å². The maximum atomic E-state index is 11.9. The van der Waals surface area contributed by atoms with Crippen LogP contribution in [0.15, 0.2) is 16.9 Å². The standard InChI is InChI=1S/C11H8N4O7/c1-5-7(13(17)18)4-8-6(10(5)15(21)22)3-9(14(19)20)11(16)12(8)2/h3-4H,1-2H3. The van der Waals surface area contributed by atoms with Gasteiger partial charge >= 0.3 is 11.2 Å². The Labute approximate surface area is 120 Å². The Balaban J connectivity index is 3.15. The molecule has 0 aliphatic carbocycles. The molecule has 0 amide bonds. The number of nitrogens with zero attached hydrogens (tertiary/aromatic N) is 4. The van der Waals surface area contributed by atoms with Crippen molar-refractivity contribution in [1.29, 1.82) is 0 Å². The summed E-state index contributed by atoms with van der Waals surface area (Å²) in [6.07, 6.45) is 0. The molecular formula is C11H8N4O7. The van der Waals surface area contributed by atoms with Crippen molar-refractivity contribution in [2.75, 3.05) is 0 Å². The number of nitro groups is 3. The van der Waals surface area contributed by atoms with Crippen LogP contribution >= 0.6 is 0 Å². The van der Waals surface area contributed by atoms with E-state index in [9.17, 15) is 35.1 Å². The zero-order valence-electron chi connectivity index (χ0n) is 11.3. The van der Waals surface area contributed by atoms with Gasteiger partial charge in [-0.1, -0.05) is 0 Å². The van der Waals surface area contributed by atoms with E-state index in [1.165, 1.54) is 6.92 Å². The average Bonchev–Trinajstić information content (AvgIpc) is 2.40. The van der Waals surface area contributed by atoms with Crippen LogP contribution in [0.5, 0.6) is 0 Å². The largest absolute Gasteiger partial charge is 0.334 e. The quantitative estimate of drug-likeness (QED) is 0.616. The van der Waals surface area contributed by atoms with E-state index in [0.29, 0.717) is 0 Å². The first-order valence-corrected chi connectivity index (χ1v) is 5.77. The van der Waals surface area contributed by atoms with Gasteiger partial charge in [0.1, 0.15) is 5.56 Å². The molecule has 0 radical (unpaired) electrons. The van der Waals surface area contributed by atoms with Crippen molar-refractivity contribution in [3.8, 4) is 0 Å². The van der Waals surface area contributed by atoms with Gasteiger partial charge in [-0.2, -0.15) is 0 Å². The molecule has 11 nitrogen and oxygen atoms in total. The van der Waals surface area contributed by atoms with Crippen LogP contribution in [0, 0.1) is 37.3 Å². The van der Waals surface area contributed by atoms with Gasteiger partial charge in [-0.15, -0.1) is 0 Å². The van der Waals surface area contributed by atoms with Crippen LogP contribution in [0.1, 0.15) is 5.56 Å². The van der Waals surface area contributed by atoms with E-state index in [0.717, 1.165) is 23.7 Å². The highest BCUT2D eigenvalue weighted by atomic mass is 16.6. The summed E-state index contributed by atoms with van der Waals surface area (Å²) in [5.74, 6) is 0. The molecule has 2 rings (SSSR count). The lowest BCUT2D eigenvalue weighted by Gasteiger charge is -2.07. The Bertz CT molecular complexity index is 915. The number of aryl methyl sites for hydroxylation is 1. The second-order valence-electron chi connectivity index (χ2n) is 4.47. The highest BCUT2D eigenvalue weighted by Crippen LogP contribution is 2.36. The number of benzene rings is 1.